The van der Waals surface area contributed by atoms with Gasteiger partial charge in [-0.1, -0.05) is 0 Å². The van der Waals surface area contributed by atoms with Crippen LogP contribution in [0.15, 0.2) is 18.2 Å². The summed E-state index contributed by atoms with van der Waals surface area (Å²) in [4.78, 5) is 23.3. The molecule has 6 nitrogen and oxygen atoms in total. The monoisotopic (exact) mass is 318 g/mol. The first-order valence-electron chi connectivity index (χ1n) is 6.04. The number of carbonyl (C=O) groups is 2. The van der Waals surface area contributed by atoms with Gasteiger partial charge < -0.3 is 0 Å². The van der Waals surface area contributed by atoms with Crippen molar-refractivity contribution in [1.29, 1.82) is 0 Å². The molecule has 9 heteroatoms. The number of benzene rings is 1. The number of hydrogen-bond donors (Lipinski definition) is 2. The standard InChI is InChI=1S/C12H12F2N2O4S/c13-8-1-2-9(10(14)5-8)12(18)16-15-11(17)7-3-4-21(19,20)6-7/h1-2,5,7H,3-4,6H2,(H,15,17)(H,16,18)/t7-/m0/s1. The fourth-order valence-electron chi connectivity index (χ4n) is 1.96. The fourth-order valence-corrected chi connectivity index (χ4v) is 3.70. The lowest BCUT2D eigenvalue weighted by molar-refractivity contribution is -0.125. The van der Waals surface area contributed by atoms with Gasteiger partial charge in [-0.05, 0) is 18.6 Å². The Kier molecular flexibility index (Phi) is 4.21. The van der Waals surface area contributed by atoms with Crippen molar-refractivity contribution >= 4 is 21.7 Å². The highest BCUT2D eigenvalue weighted by Gasteiger charge is 2.33. The summed E-state index contributed by atoms with van der Waals surface area (Å²) in [6.07, 6.45) is 0.176. The molecule has 1 aromatic carbocycles. The topological polar surface area (TPSA) is 92.3 Å². The molecule has 1 aliphatic heterocycles. The number of halogens is 2. The highest BCUT2D eigenvalue weighted by Crippen LogP contribution is 2.18. The predicted molar refractivity (Wildman–Crippen MR) is 68.7 cm³/mol. The first-order valence-corrected chi connectivity index (χ1v) is 7.86. The lowest BCUT2D eigenvalue weighted by Crippen LogP contribution is -2.45. The minimum absolute atomic E-state index is 0.0778. The third-order valence-electron chi connectivity index (χ3n) is 3.08. The number of hydrazine groups is 1. The molecule has 1 heterocycles. The molecule has 1 aromatic rings. The Morgan fingerprint density at radius 1 is 1.19 bits per heavy atom. The number of sulfone groups is 1. The van der Waals surface area contributed by atoms with Gasteiger partial charge in [-0.3, -0.25) is 20.4 Å². The van der Waals surface area contributed by atoms with Crippen molar-refractivity contribution in [2.45, 2.75) is 6.42 Å². The first-order chi connectivity index (χ1) is 9.78. The quantitative estimate of drug-likeness (QED) is 0.760. The number of carbonyl (C=O) groups excluding carboxylic acids is 2. The van der Waals surface area contributed by atoms with E-state index >= 15 is 0 Å². The minimum Gasteiger partial charge on any atom is -0.273 e. The van der Waals surface area contributed by atoms with Gasteiger partial charge in [0.2, 0.25) is 5.91 Å². The maximum absolute atomic E-state index is 13.3. The average Bonchev–Trinajstić information content (AvgIpc) is 2.76. The van der Waals surface area contributed by atoms with Gasteiger partial charge in [0.15, 0.2) is 9.84 Å². The highest BCUT2D eigenvalue weighted by atomic mass is 32.2. The van der Waals surface area contributed by atoms with Gasteiger partial charge in [-0.15, -0.1) is 0 Å². The van der Waals surface area contributed by atoms with Crippen molar-refractivity contribution in [2.75, 3.05) is 11.5 Å². The first kappa shape index (κ1) is 15.4. The van der Waals surface area contributed by atoms with Gasteiger partial charge in [0.1, 0.15) is 11.6 Å². The molecule has 0 radical (unpaired) electrons. The molecule has 2 N–H and O–H groups in total. The summed E-state index contributed by atoms with van der Waals surface area (Å²) < 4.78 is 48.5. The van der Waals surface area contributed by atoms with E-state index in [2.05, 4.69) is 0 Å². The van der Waals surface area contributed by atoms with Crippen LogP contribution in [0.2, 0.25) is 0 Å². The van der Waals surface area contributed by atoms with Crippen LogP contribution >= 0.6 is 0 Å². The Morgan fingerprint density at radius 3 is 2.48 bits per heavy atom. The SMILES string of the molecule is O=C(NNC(=O)[C@H]1CCS(=O)(=O)C1)c1ccc(F)cc1F. The summed E-state index contributed by atoms with van der Waals surface area (Å²) in [6, 6.07) is 2.38. The number of amides is 2. The van der Waals surface area contributed by atoms with E-state index in [0.717, 1.165) is 12.1 Å². The molecular formula is C12H12F2N2O4S. The molecule has 21 heavy (non-hydrogen) atoms. The average molecular weight is 318 g/mol. The van der Waals surface area contributed by atoms with E-state index in [9.17, 15) is 26.8 Å². The van der Waals surface area contributed by atoms with Gasteiger partial charge in [0.05, 0.1) is 23.0 Å². The normalized spacial score (nSPS) is 20.0. The van der Waals surface area contributed by atoms with Gasteiger partial charge in [0.25, 0.3) is 5.91 Å². The van der Waals surface area contributed by atoms with Crippen LogP contribution in [0, 0.1) is 17.6 Å². The summed E-state index contributed by atoms with van der Waals surface area (Å²) in [6.45, 7) is 0. The van der Waals surface area contributed by atoms with Crippen LogP contribution in [0.25, 0.3) is 0 Å². The molecule has 0 saturated carbocycles. The van der Waals surface area contributed by atoms with Crippen molar-refractivity contribution in [3.63, 3.8) is 0 Å². The van der Waals surface area contributed by atoms with Crippen molar-refractivity contribution < 1.29 is 26.8 Å². The zero-order valence-electron chi connectivity index (χ0n) is 10.7. The van der Waals surface area contributed by atoms with Crippen LogP contribution in [0.3, 0.4) is 0 Å². The Balaban J connectivity index is 1.94. The van der Waals surface area contributed by atoms with Crippen molar-refractivity contribution in [3.05, 3.63) is 35.4 Å². The van der Waals surface area contributed by atoms with E-state index in [-0.39, 0.29) is 17.9 Å². The molecule has 0 bridgehead atoms. The van der Waals surface area contributed by atoms with E-state index in [1.54, 1.807) is 0 Å². The van der Waals surface area contributed by atoms with Crippen molar-refractivity contribution in [3.8, 4) is 0 Å². The van der Waals surface area contributed by atoms with Crippen LogP contribution in [0.1, 0.15) is 16.8 Å². The molecule has 1 atom stereocenters. The maximum atomic E-state index is 13.3. The number of rotatable bonds is 2. The molecule has 1 saturated heterocycles. The molecular weight excluding hydrogens is 306 g/mol. The Morgan fingerprint density at radius 2 is 1.90 bits per heavy atom. The van der Waals surface area contributed by atoms with Crippen LogP contribution in [-0.2, 0) is 14.6 Å². The third-order valence-corrected chi connectivity index (χ3v) is 4.85. The zero-order valence-corrected chi connectivity index (χ0v) is 11.5. The van der Waals surface area contributed by atoms with Crippen molar-refractivity contribution in [1.82, 2.24) is 10.9 Å². The molecule has 2 amide bonds. The highest BCUT2D eigenvalue weighted by molar-refractivity contribution is 7.91. The second-order valence-electron chi connectivity index (χ2n) is 4.67. The van der Waals surface area contributed by atoms with Gasteiger partial charge in [-0.25, -0.2) is 17.2 Å². The van der Waals surface area contributed by atoms with E-state index in [0.29, 0.717) is 6.07 Å². The fraction of sp³-hybridized carbons (Fsp3) is 0.333. The summed E-state index contributed by atoms with van der Waals surface area (Å²) in [5.41, 5.74) is 3.57. The van der Waals surface area contributed by atoms with Crippen molar-refractivity contribution in [2.24, 2.45) is 5.92 Å². The van der Waals surface area contributed by atoms with Crippen LogP contribution in [-0.4, -0.2) is 31.7 Å². The lowest BCUT2D eigenvalue weighted by atomic mass is 10.1. The second kappa shape index (κ2) is 5.76. The molecule has 0 spiro atoms. The predicted octanol–water partition coefficient (Wildman–Crippen LogP) is 0.161. The zero-order chi connectivity index (χ0) is 15.6. The molecule has 114 valence electrons. The minimum atomic E-state index is -3.22. The number of hydrogen-bond acceptors (Lipinski definition) is 4. The molecule has 0 aromatic heterocycles. The van der Waals surface area contributed by atoms with Crippen LogP contribution < -0.4 is 10.9 Å². The van der Waals surface area contributed by atoms with Crippen LogP contribution in [0.5, 0.6) is 0 Å². The lowest BCUT2D eigenvalue weighted by Gasteiger charge is -2.11. The van der Waals surface area contributed by atoms with E-state index in [4.69, 9.17) is 0 Å². The van der Waals surface area contributed by atoms with Gasteiger partial charge >= 0.3 is 0 Å². The van der Waals surface area contributed by atoms with Gasteiger partial charge in [0, 0.05) is 6.07 Å². The molecule has 1 aliphatic rings. The maximum Gasteiger partial charge on any atom is 0.272 e. The Labute approximate surface area is 119 Å². The largest absolute Gasteiger partial charge is 0.273 e. The summed E-state index contributed by atoms with van der Waals surface area (Å²) in [5, 5.41) is 0. The molecule has 0 aliphatic carbocycles. The van der Waals surface area contributed by atoms with Crippen LogP contribution in [0.4, 0.5) is 8.78 Å². The molecule has 1 fully saturated rings. The van der Waals surface area contributed by atoms with E-state index < -0.39 is 44.8 Å². The molecule has 0 unspecified atom stereocenters. The summed E-state index contributed by atoms with van der Waals surface area (Å²) in [7, 11) is -3.22. The smallest absolute Gasteiger partial charge is 0.272 e. The number of nitrogens with one attached hydrogen (secondary N) is 2. The molecule has 2 rings (SSSR count). The van der Waals surface area contributed by atoms with E-state index in [1.807, 2.05) is 10.9 Å². The third kappa shape index (κ3) is 3.75. The summed E-state index contributed by atoms with van der Waals surface area (Å²) >= 11 is 0. The summed E-state index contributed by atoms with van der Waals surface area (Å²) in [5.74, 6) is -4.61. The Hall–Kier alpha value is -2.03. The Bertz CT molecular complexity index is 690. The van der Waals surface area contributed by atoms with Gasteiger partial charge in [-0.2, -0.15) is 0 Å². The van der Waals surface area contributed by atoms with E-state index in [1.165, 1.54) is 0 Å². The second-order valence-corrected chi connectivity index (χ2v) is 6.90.